The fraction of sp³-hybridized carbons (Fsp3) is 0.318. The van der Waals surface area contributed by atoms with Crippen LogP contribution >= 0.6 is 0 Å². The summed E-state index contributed by atoms with van der Waals surface area (Å²) in [5, 5.41) is 12.0. The molecule has 0 radical (unpaired) electrons. The van der Waals surface area contributed by atoms with Gasteiger partial charge in [0.1, 0.15) is 0 Å². The third kappa shape index (κ3) is 4.61. The number of rotatable bonds is 6. The number of benzene rings is 2. The lowest BCUT2D eigenvalue weighted by Crippen LogP contribution is -2.19. The molecule has 1 aliphatic rings. The lowest BCUT2D eigenvalue weighted by molar-refractivity contribution is 0.0692. The van der Waals surface area contributed by atoms with Gasteiger partial charge in [-0.1, -0.05) is 56.4 Å². The average molecular weight is 365 g/mol. The van der Waals surface area contributed by atoms with E-state index in [0.717, 1.165) is 12.8 Å². The van der Waals surface area contributed by atoms with Crippen molar-refractivity contribution >= 4 is 23.3 Å². The van der Waals surface area contributed by atoms with Crippen LogP contribution < -0.4 is 5.32 Å². The van der Waals surface area contributed by atoms with Crippen LogP contribution in [0.4, 0.5) is 5.69 Å². The summed E-state index contributed by atoms with van der Waals surface area (Å²) in [5.41, 5.74) is 0.897. The van der Waals surface area contributed by atoms with Crippen LogP contribution in [0, 0.1) is 5.92 Å². The first-order chi connectivity index (χ1) is 13.1. The van der Waals surface area contributed by atoms with Gasteiger partial charge in [0.25, 0.3) is 5.91 Å². The number of hydrogen-bond donors (Lipinski definition) is 2. The van der Waals surface area contributed by atoms with Crippen molar-refractivity contribution < 1.29 is 19.5 Å². The number of aromatic carboxylic acids is 1. The summed E-state index contributed by atoms with van der Waals surface area (Å²) in [6.07, 6.45) is 6.21. The SMILES string of the molecule is O=C(CC1CCCCC1)c1ccccc1NC(=O)c1ccccc1C(=O)O. The van der Waals surface area contributed by atoms with Gasteiger partial charge in [-0.3, -0.25) is 9.59 Å². The number of carbonyl (C=O) groups is 3. The molecule has 2 aromatic rings. The van der Waals surface area contributed by atoms with E-state index in [2.05, 4.69) is 5.32 Å². The number of anilines is 1. The van der Waals surface area contributed by atoms with E-state index in [0.29, 0.717) is 23.6 Å². The average Bonchev–Trinajstić information content (AvgIpc) is 2.69. The molecular weight excluding hydrogens is 342 g/mol. The molecule has 1 fully saturated rings. The van der Waals surface area contributed by atoms with Gasteiger partial charge in [0.05, 0.1) is 16.8 Å². The van der Waals surface area contributed by atoms with Gasteiger partial charge in [-0.2, -0.15) is 0 Å². The van der Waals surface area contributed by atoms with Crippen LogP contribution in [0.25, 0.3) is 0 Å². The third-order valence-corrected chi connectivity index (χ3v) is 5.08. The quantitative estimate of drug-likeness (QED) is 0.721. The number of Topliss-reactive ketones (excluding diaryl/α,β-unsaturated/α-hetero) is 1. The molecule has 3 rings (SSSR count). The largest absolute Gasteiger partial charge is 0.478 e. The second-order valence-corrected chi connectivity index (χ2v) is 6.98. The molecule has 0 saturated heterocycles. The fourth-order valence-electron chi connectivity index (χ4n) is 3.66. The highest BCUT2D eigenvalue weighted by Crippen LogP contribution is 2.29. The molecule has 140 valence electrons. The molecule has 0 aliphatic heterocycles. The zero-order chi connectivity index (χ0) is 19.2. The minimum atomic E-state index is -1.16. The minimum Gasteiger partial charge on any atom is -0.478 e. The van der Waals surface area contributed by atoms with Crippen LogP contribution in [-0.4, -0.2) is 22.8 Å². The fourth-order valence-corrected chi connectivity index (χ4v) is 3.66. The Hall–Kier alpha value is -2.95. The first kappa shape index (κ1) is 18.8. The van der Waals surface area contributed by atoms with Crippen molar-refractivity contribution in [2.75, 3.05) is 5.32 Å². The molecule has 1 saturated carbocycles. The van der Waals surface area contributed by atoms with E-state index in [4.69, 9.17) is 0 Å². The van der Waals surface area contributed by atoms with Crippen molar-refractivity contribution in [3.05, 3.63) is 65.2 Å². The van der Waals surface area contributed by atoms with Crippen LogP contribution in [0.3, 0.4) is 0 Å². The van der Waals surface area contributed by atoms with Crippen LogP contribution in [-0.2, 0) is 0 Å². The van der Waals surface area contributed by atoms with Crippen LogP contribution in [0.5, 0.6) is 0 Å². The third-order valence-electron chi connectivity index (χ3n) is 5.08. The predicted molar refractivity (Wildman–Crippen MR) is 103 cm³/mol. The standard InChI is InChI=1S/C22H23NO4/c24-20(14-15-8-2-1-3-9-15)18-12-6-7-13-19(18)23-21(25)16-10-4-5-11-17(16)22(26)27/h4-7,10-13,15H,1-3,8-9,14H2,(H,23,25)(H,26,27). The van der Waals surface area contributed by atoms with Crippen LogP contribution in [0.1, 0.15) is 69.6 Å². The van der Waals surface area contributed by atoms with Gasteiger partial charge in [0, 0.05) is 12.0 Å². The Morgan fingerprint density at radius 1 is 0.852 bits per heavy atom. The number of nitrogens with one attached hydrogen (secondary N) is 1. The van der Waals surface area contributed by atoms with Gasteiger partial charge in [-0.25, -0.2) is 4.79 Å². The second-order valence-electron chi connectivity index (χ2n) is 6.98. The lowest BCUT2D eigenvalue weighted by atomic mass is 9.84. The van der Waals surface area contributed by atoms with E-state index >= 15 is 0 Å². The highest BCUT2D eigenvalue weighted by atomic mass is 16.4. The molecule has 1 amide bonds. The first-order valence-corrected chi connectivity index (χ1v) is 9.32. The van der Waals surface area contributed by atoms with Gasteiger partial charge >= 0.3 is 5.97 Å². The topological polar surface area (TPSA) is 83.5 Å². The molecule has 27 heavy (non-hydrogen) atoms. The number of hydrogen-bond acceptors (Lipinski definition) is 3. The first-order valence-electron chi connectivity index (χ1n) is 9.32. The van der Waals surface area contributed by atoms with E-state index < -0.39 is 11.9 Å². The van der Waals surface area contributed by atoms with E-state index in [1.165, 1.54) is 31.4 Å². The molecule has 0 bridgehead atoms. The Labute approximate surface area is 158 Å². The molecule has 0 aromatic heterocycles. The van der Waals surface area contributed by atoms with Crippen molar-refractivity contribution in [2.24, 2.45) is 5.92 Å². The molecule has 5 heteroatoms. The van der Waals surface area contributed by atoms with Gasteiger partial charge < -0.3 is 10.4 Å². The summed E-state index contributed by atoms with van der Waals surface area (Å²) < 4.78 is 0. The maximum absolute atomic E-state index is 12.8. The van der Waals surface area contributed by atoms with Gasteiger partial charge in [-0.15, -0.1) is 0 Å². The smallest absolute Gasteiger partial charge is 0.336 e. The molecule has 0 unspecified atom stereocenters. The number of amides is 1. The number of carbonyl (C=O) groups excluding carboxylic acids is 2. The van der Waals surface area contributed by atoms with Crippen LogP contribution in [0.2, 0.25) is 0 Å². The number of carboxylic acid groups (broad SMARTS) is 1. The monoisotopic (exact) mass is 365 g/mol. The van der Waals surface area contributed by atoms with Crippen molar-refractivity contribution in [3.8, 4) is 0 Å². The number of para-hydroxylation sites is 1. The van der Waals surface area contributed by atoms with Crippen molar-refractivity contribution in [3.63, 3.8) is 0 Å². The maximum atomic E-state index is 12.8. The molecular formula is C22H23NO4. The van der Waals surface area contributed by atoms with E-state index in [1.54, 1.807) is 36.4 Å². The van der Waals surface area contributed by atoms with E-state index in [9.17, 15) is 19.5 Å². The Morgan fingerprint density at radius 2 is 1.44 bits per heavy atom. The zero-order valence-electron chi connectivity index (χ0n) is 15.1. The van der Waals surface area contributed by atoms with Gasteiger partial charge in [-0.05, 0) is 30.2 Å². The maximum Gasteiger partial charge on any atom is 0.336 e. The molecule has 0 atom stereocenters. The number of carboxylic acids is 1. The summed E-state index contributed by atoms with van der Waals surface area (Å²) in [4.78, 5) is 36.7. The van der Waals surface area contributed by atoms with Gasteiger partial charge in [0.15, 0.2) is 5.78 Å². The zero-order valence-corrected chi connectivity index (χ0v) is 15.1. The Bertz CT molecular complexity index is 853. The van der Waals surface area contributed by atoms with Gasteiger partial charge in [0.2, 0.25) is 0 Å². The second kappa shape index (κ2) is 8.62. The Kier molecular flexibility index (Phi) is 6.01. The van der Waals surface area contributed by atoms with Crippen LogP contribution in [0.15, 0.2) is 48.5 Å². The molecule has 1 aliphatic carbocycles. The number of ketones is 1. The molecule has 0 heterocycles. The molecule has 2 N–H and O–H groups in total. The molecule has 0 spiro atoms. The molecule has 5 nitrogen and oxygen atoms in total. The van der Waals surface area contributed by atoms with E-state index in [-0.39, 0.29) is 16.9 Å². The van der Waals surface area contributed by atoms with Crippen molar-refractivity contribution in [2.45, 2.75) is 38.5 Å². The predicted octanol–water partition coefficient (Wildman–Crippen LogP) is 4.79. The van der Waals surface area contributed by atoms with E-state index in [1.807, 2.05) is 0 Å². The highest BCUT2D eigenvalue weighted by Gasteiger charge is 2.21. The summed E-state index contributed by atoms with van der Waals surface area (Å²) in [5.74, 6) is -1.28. The highest BCUT2D eigenvalue weighted by molar-refractivity contribution is 6.13. The summed E-state index contributed by atoms with van der Waals surface area (Å²) in [6, 6.07) is 12.9. The lowest BCUT2D eigenvalue weighted by Gasteiger charge is -2.21. The normalized spacial score (nSPS) is 14.5. The van der Waals surface area contributed by atoms with Crippen molar-refractivity contribution in [1.29, 1.82) is 0 Å². The summed E-state index contributed by atoms with van der Waals surface area (Å²) in [6.45, 7) is 0. The Morgan fingerprint density at radius 3 is 2.11 bits per heavy atom. The van der Waals surface area contributed by atoms with Crippen molar-refractivity contribution in [1.82, 2.24) is 0 Å². The summed E-state index contributed by atoms with van der Waals surface area (Å²) in [7, 11) is 0. The Balaban J connectivity index is 1.79. The minimum absolute atomic E-state index is 0.0179. The molecule has 2 aromatic carbocycles. The summed E-state index contributed by atoms with van der Waals surface area (Å²) >= 11 is 0.